The number of ether oxygens (including phenoxy) is 5. The zero-order chi connectivity index (χ0) is 17.7. The van der Waals surface area contributed by atoms with Gasteiger partial charge in [0.15, 0.2) is 29.4 Å². The van der Waals surface area contributed by atoms with E-state index in [1.54, 1.807) is 0 Å². The van der Waals surface area contributed by atoms with Gasteiger partial charge in [0.05, 0.1) is 7.11 Å². The van der Waals surface area contributed by atoms with Crippen LogP contribution in [0.3, 0.4) is 0 Å². The first-order valence-electron chi connectivity index (χ1n) is 6.56. The number of esters is 4. The summed E-state index contributed by atoms with van der Waals surface area (Å²) < 4.78 is 25.2. The lowest BCUT2D eigenvalue weighted by atomic mass is 9.99. The fourth-order valence-corrected chi connectivity index (χ4v) is 2.71. The fourth-order valence-electron chi connectivity index (χ4n) is 2.07. The van der Waals surface area contributed by atoms with Crippen molar-refractivity contribution in [3.8, 4) is 0 Å². The van der Waals surface area contributed by atoms with E-state index in [1.165, 1.54) is 0 Å². The molecule has 1 aliphatic heterocycles. The molecule has 1 aliphatic rings. The van der Waals surface area contributed by atoms with Crippen molar-refractivity contribution in [1.29, 1.82) is 0 Å². The lowest BCUT2D eigenvalue weighted by molar-refractivity contribution is -0.234. The van der Waals surface area contributed by atoms with Crippen LogP contribution in [0.1, 0.15) is 20.8 Å². The molecule has 0 amide bonds. The Morgan fingerprint density at radius 3 is 1.70 bits per heavy atom. The van der Waals surface area contributed by atoms with Gasteiger partial charge in [-0.25, -0.2) is 4.79 Å². The number of carbonyl (C=O) groups is 4. The van der Waals surface area contributed by atoms with Crippen molar-refractivity contribution in [2.75, 3.05) is 7.11 Å². The van der Waals surface area contributed by atoms with Crippen LogP contribution in [-0.4, -0.2) is 60.4 Å². The van der Waals surface area contributed by atoms with Crippen LogP contribution in [0.5, 0.6) is 0 Å². The van der Waals surface area contributed by atoms with E-state index in [9.17, 15) is 19.2 Å². The van der Waals surface area contributed by atoms with Crippen LogP contribution >= 0.6 is 15.9 Å². The Morgan fingerprint density at radius 2 is 1.26 bits per heavy atom. The van der Waals surface area contributed by atoms with Gasteiger partial charge < -0.3 is 23.7 Å². The largest absolute Gasteiger partial charge is 0.467 e. The number of halogens is 1. The molecule has 130 valence electrons. The number of methoxy groups -OCH3 is 1. The molecule has 0 aromatic rings. The maximum atomic E-state index is 11.9. The van der Waals surface area contributed by atoms with Gasteiger partial charge in [-0.05, 0) is 0 Å². The second-order valence-corrected chi connectivity index (χ2v) is 5.56. The Bertz CT molecular complexity index is 492. The molecule has 1 saturated heterocycles. The number of rotatable bonds is 4. The van der Waals surface area contributed by atoms with Crippen LogP contribution in [0.2, 0.25) is 0 Å². The molecule has 1 fully saturated rings. The number of carbonyl (C=O) groups excluding carboxylic acids is 4. The SMILES string of the molecule is COC(=O)C1O[C@@H](Br)C(OC(C)=O)C(OC(C)=O)[C@H]1OC(C)=O. The topological polar surface area (TPSA) is 114 Å². The minimum atomic E-state index is -1.36. The van der Waals surface area contributed by atoms with Crippen molar-refractivity contribution in [2.45, 2.75) is 50.2 Å². The molecule has 1 heterocycles. The first kappa shape index (κ1) is 19.4. The minimum Gasteiger partial charge on any atom is -0.467 e. The van der Waals surface area contributed by atoms with Gasteiger partial charge in [0.2, 0.25) is 0 Å². The summed E-state index contributed by atoms with van der Waals surface area (Å²) in [6.45, 7) is 3.39. The molecule has 23 heavy (non-hydrogen) atoms. The van der Waals surface area contributed by atoms with Gasteiger partial charge in [-0.1, -0.05) is 15.9 Å². The molecular weight excluding hydrogens is 380 g/mol. The molecule has 0 bridgehead atoms. The van der Waals surface area contributed by atoms with Crippen molar-refractivity contribution < 1.29 is 42.9 Å². The maximum Gasteiger partial charge on any atom is 0.339 e. The molecular formula is C13H17BrO9. The highest BCUT2D eigenvalue weighted by molar-refractivity contribution is 9.09. The lowest BCUT2D eigenvalue weighted by Gasteiger charge is -2.41. The van der Waals surface area contributed by atoms with Crippen molar-refractivity contribution in [2.24, 2.45) is 0 Å². The summed E-state index contributed by atoms with van der Waals surface area (Å²) in [7, 11) is 1.12. The van der Waals surface area contributed by atoms with Crippen molar-refractivity contribution in [3.63, 3.8) is 0 Å². The second-order valence-electron chi connectivity index (χ2n) is 4.65. The van der Waals surface area contributed by atoms with E-state index >= 15 is 0 Å². The molecule has 0 saturated carbocycles. The van der Waals surface area contributed by atoms with Gasteiger partial charge in [-0.2, -0.15) is 0 Å². The molecule has 9 nitrogen and oxygen atoms in total. The minimum absolute atomic E-state index is 0.668. The van der Waals surface area contributed by atoms with E-state index in [0.717, 1.165) is 27.9 Å². The smallest absolute Gasteiger partial charge is 0.339 e. The zero-order valence-corrected chi connectivity index (χ0v) is 14.5. The Labute approximate surface area is 140 Å². The quantitative estimate of drug-likeness (QED) is 0.369. The lowest BCUT2D eigenvalue weighted by Crippen LogP contribution is -2.61. The van der Waals surface area contributed by atoms with Crippen LogP contribution in [0.4, 0.5) is 0 Å². The van der Waals surface area contributed by atoms with Crippen molar-refractivity contribution in [3.05, 3.63) is 0 Å². The first-order chi connectivity index (χ1) is 10.7. The second kappa shape index (κ2) is 8.25. The molecule has 1 rings (SSSR count). The van der Waals surface area contributed by atoms with E-state index in [4.69, 9.17) is 18.9 Å². The van der Waals surface area contributed by atoms with Crippen LogP contribution in [0, 0.1) is 0 Å². The molecule has 0 aromatic carbocycles. The average molecular weight is 397 g/mol. The molecule has 0 aliphatic carbocycles. The van der Waals surface area contributed by atoms with Gasteiger partial charge in [-0.15, -0.1) is 0 Å². The average Bonchev–Trinajstić information content (AvgIpc) is 2.43. The molecule has 0 N–H and O–H groups in total. The predicted molar refractivity (Wildman–Crippen MR) is 76.3 cm³/mol. The van der Waals surface area contributed by atoms with E-state index < -0.39 is 53.3 Å². The molecule has 3 unspecified atom stereocenters. The van der Waals surface area contributed by atoms with E-state index in [0.29, 0.717) is 0 Å². The van der Waals surface area contributed by atoms with E-state index in [-0.39, 0.29) is 0 Å². The number of hydrogen-bond acceptors (Lipinski definition) is 9. The summed E-state index contributed by atoms with van der Waals surface area (Å²) in [5.74, 6) is -2.95. The summed E-state index contributed by atoms with van der Waals surface area (Å²) in [6.07, 6.45) is -5.06. The Balaban J connectivity index is 3.21. The summed E-state index contributed by atoms with van der Waals surface area (Å²) in [5.41, 5.74) is 0. The standard InChI is InChI=1S/C13H17BrO9/c1-5(15)20-8-9(21-6(2)16)11(13(18)19-4)23-12(14)10(8)22-7(3)17/h8-12H,1-4H3/t8?,9-,10?,11?,12-/m1/s1. The van der Waals surface area contributed by atoms with Crippen LogP contribution in [0.15, 0.2) is 0 Å². The van der Waals surface area contributed by atoms with Crippen LogP contribution in [0.25, 0.3) is 0 Å². The monoisotopic (exact) mass is 396 g/mol. The third-order valence-electron chi connectivity index (χ3n) is 2.82. The Kier molecular flexibility index (Phi) is 6.95. The zero-order valence-electron chi connectivity index (χ0n) is 12.9. The van der Waals surface area contributed by atoms with Crippen LogP contribution in [-0.2, 0) is 42.9 Å². The summed E-state index contributed by atoms with van der Waals surface area (Å²) in [6, 6.07) is 0. The highest BCUT2D eigenvalue weighted by atomic mass is 79.9. The van der Waals surface area contributed by atoms with E-state index in [1.807, 2.05) is 0 Å². The van der Waals surface area contributed by atoms with Gasteiger partial charge in [0, 0.05) is 20.8 Å². The third kappa shape index (κ3) is 5.17. The number of alkyl halides is 1. The summed E-state index contributed by atoms with van der Waals surface area (Å²) >= 11 is 3.11. The third-order valence-corrected chi connectivity index (χ3v) is 3.56. The van der Waals surface area contributed by atoms with Crippen LogP contribution < -0.4 is 0 Å². The molecule has 0 radical (unpaired) electrons. The van der Waals surface area contributed by atoms with Gasteiger partial charge in [-0.3, -0.25) is 14.4 Å². The molecule has 10 heteroatoms. The van der Waals surface area contributed by atoms with Crippen molar-refractivity contribution >= 4 is 39.8 Å². The first-order valence-corrected chi connectivity index (χ1v) is 7.48. The number of hydrogen-bond donors (Lipinski definition) is 0. The van der Waals surface area contributed by atoms with Gasteiger partial charge in [0.1, 0.15) is 0 Å². The van der Waals surface area contributed by atoms with Gasteiger partial charge in [0.25, 0.3) is 0 Å². The maximum absolute atomic E-state index is 11.9. The summed E-state index contributed by atoms with van der Waals surface area (Å²) in [4.78, 5) is 45.8. The molecule has 0 aromatic heterocycles. The predicted octanol–water partition coefficient (Wildman–Crippen LogP) is 0.0743. The highest BCUT2D eigenvalue weighted by Crippen LogP contribution is 2.31. The highest BCUT2D eigenvalue weighted by Gasteiger charge is 2.53. The van der Waals surface area contributed by atoms with E-state index in [2.05, 4.69) is 20.7 Å². The Hall–Kier alpha value is -1.68. The van der Waals surface area contributed by atoms with Crippen molar-refractivity contribution in [1.82, 2.24) is 0 Å². The summed E-state index contributed by atoms with van der Waals surface area (Å²) in [5, 5.41) is -0.980. The molecule has 0 spiro atoms. The fraction of sp³-hybridized carbons (Fsp3) is 0.692. The molecule has 5 atom stereocenters. The van der Waals surface area contributed by atoms with Gasteiger partial charge >= 0.3 is 23.9 Å². The normalized spacial score (nSPS) is 30.0. The Morgan fingerprint density at radius 1 is 0.826 bits per heavy atom.